The molecule has 0 fully saturated rings. The van der Waals surface area contributed by atoms with E-state index in [1.807, 2.05) is 18.5 Å². The van der Waals surface area contributed by atoms with Crippen molar-refractivity contribution in [2.24, 2.45) is 0 Å². The van der Waals surface area contributed by atoms with Crippen LogP contribution >= 0.6 is 0 Å². The molecule has 286 valence electrons. The molecule has 0 N–H and O–H groups in total. The Hall–Kier alpha value is -8.20. The maximum atomic E-state index is 4.85. The van der Waals surface area contributed by atoms with E-state index in [-0.39, 0.29) is 0 Å². The molecular weight excluding hydrogens is 749 g/mol. The quantitative estimate of drug-likeness (QED) is 0.166. The Labute approximate surface area is 358 Å². The van der Waals surface area contributed by atoms with Crippen molar-refractivity contribution in [3.63, 3.8) is 0 Å². The summed E-state index contributed by atoms with van der Waals surface area (Å²) < 4.78 is 0. The minimum Gasteiger partial charge on any atom is -0.254 e. The lowest BCUT2D eigenvalue weighted by Crippen LogP contribution is -1.87. The number of hydrogen-bond acceptors (Lipinski definition) is 2. The molecule has 0 saturated carbocycles. The van der Waals surface area contributed by atoms with Crippen LogP contribution in [0.4, 0.5) is 0 Å². The molecule has 0 radical (unpaired) electrons. The zero-order chi connectivity index (χ0) is 40.7. The number of rotatable bonds is 4. The second kappa shape index (κ2) is 13.7. The van der Waals surface area contributed by atoms with Gasteiger partial charge in [-0.25, -0.2) is 0 Å². The fourth-order valence-electron chi connectivity index (χ4n) is 9.79. The first-order valence-corrected chi connectivity index (χ1v) is 21.3. The van der Waals surface area contributed by atoms with Crippen LogP contribution in [-0.2, 0) is 0 Å². The van der Waals surface area contributed by atoms with Gasteiger partial charge in [0.2, 0.25) is 0 Å². The summed E-state index contributed by atoms with van der Waals surface area (Å²) in [5.41, 5.74) is 11.5. The zero-order valence-corrected chi connectivity index (χ0v) is 33.7. The van der Waals surface area contributed by atoms with Gasteiger partial charge in [0.25, 0.3) is 0 Å². The summed E-state index contributed by atoms with van der Waals surface area (Å²) in [6.07, 6.45) is 3.80. The van der Waals surface area contributed by atoms with Gasteiger partial charge >= 0.3 is 0 Å². The van der Waals surface area contributed by atoms with E-state index in [1.165, 1.54) is 98.0 Å². The molecule has 0 saturated heterocycles. The van der Waals surface area contributed by atoms with Gasteiger partial charge in [0.1, 0.15) is 0 Å². The van der Waals surface area contributed by atoms with E-state index >= 15 is 0 Å². The summed E-state index contributed by atoms with van der Waals surface area (Å²) in [4.78, 5) is 9.45. The van der Waals surface area contributed by atoms with Crippen LogP contribution < -0.4 is 0 Å². The Bertz CT molecular complexity index is 3970. The molecule has 0 amide bonds. The van der Waals surface area contributed by atoms with E-state index in [0.717, 1.165) is 32.9 Å². The molecule has 13 rings (SSSR count). The lowest BCUT2D eigenvalue weighted by Gasteiger charge is -2.14. The lowest BCUT2D eigenvalue weighted by atomic mass is 9.90. The van der Waals surface area contributed by atoms with Gasteiger partial charge in [0, 0.05) is 28.7 Å². The van der Waals surface area contributed by atoms with E-state index < -0.39 is 0 Å². The fourth-order valence-corrected chi connectivity index (χ4v) is 9.79. The van der Waals surface area contributed by atoms with Crippen LogP contribution in [0.3, 0.4) is 0 Å². The highest BCUT2D eigenvalue weighted by atomic mass is 14.7. The Morgan fingerprint density at radius 3 is 1.13 bits per heavy atom. The summed E-state index contributed by atoms with van der Waals surface area (Å²) in [6.45, 7) is 0. The van der Waals surface area contributed by atoms with E-state index in [0.29, 0.717) is 0 Å². The van der Waals surface area contributed by atoms with Crippen LogP contribution in [0, 0.1) is 0 Å². The predicted molar refractivity (Wildman–Crippen MR) is 264 cm³/mol. The third-order valence-electron chi connectivity index (χ3n) is 13.0. The van der Waals surface area contributed by atoms with E-state index in [4.69, 9.17) is 4.98 Å². The summed E-state index contributed by atoms with van der Waals surface area (Å²) in [5.74, 6) is 0. The van der Waals surface area contributed by atoms with Crippen LogP contribution in [0.25, 0.3) is 131 Å². The van der Waals surface area contributed by atoms with Crippen LogP contribution in [0.15, 0.2) is 219 Å². The molecule has 0 spiro atoms. The van der Waals surface area contributed by atoms with E-state index in [9.17, 15) is 0 Å². The third-order valence-corrected chi connectivity index (χ3v) is 13.0. The first kappa shape index (κ1) is 34.6. The van der Waals surface area contributed by atoms with Crippen molar-refractivity contribution in [2.45, 2.75) is 0 Å². The summed E-state index contributed by atoms with van der Waals surface area (Å²) in [7, 11) is 0. The molecule has 2 heterocycles. The average molecular weight is 785 g/mol. The van der Waals surface area contributed by atoms with Crippen molar-refractivity contribution in [2.75, 3.05) is 0 Å². The van der Waals surface area contributed by atoms with Crippen molar-refractivity contribution in [3.8, 4) is 44.5 Å². The Balaban J connectivity index is 0.817. The monoisotopic (exact) mass is 784 g/mol. The average Bonchev–Trinajstić information content (AvgIpc) is 3.35. The molecular formula is C60H36N2. The largest absolute Gasteiger partial charge is 0.254 e. The number of nitrogens with zero attached hydrogens (tertiary/aromatic N) is 2. The minimum absolute atomic E-state index is 0.937. The summed E-state index contributed by atoms with van der Waals surface area (Å²) in [5, 5.41) is 17.3. The highest BCUT2D eigenvalue weighted by Crippen LogP contribution is 2.40. The van der Waals surface area contributed by atoms with Crippen LogP contribution in [-0.4, -0.2) is 9.97 Å². The van der Waals surface area contributed by atoms with Gasteiger partial charge in [-0.2, -0.15) is 0 Å². The number of benzene rings is 11. The Morgan fingerprint density at radius 2 is 0.565 bits per heavy atom. The number of hydrogen-bond donors (Lipinski definition) is 0. The molecule has 2 aromatic heterocycles. The van der Waals surface area contributed by atoms with Crippen molar-refractivity contribution in [3.05, 3.63) is 219 Å². The molecule has 0 aliphatic carbocycles. The molecule has 11 aromatic carbocycles. The zero-order valence-electron chi connectivity index (χ0n) is 33.7. The van der Waals surface area contributed by atoms with Gasteiger partial charge in [-0.15, -0.1) is 0 Å². The molecule has 13 aromatic rings. The van der Waals surface area contributed by atoms with Crippen LogP contribution in [0.1, 0.15) is 0 Å². The third kappa shape index (κ3) is 5.65. The van der Waals surface area contributed by atoms with Gasteiger partial charge < -0.3 is 0 Å². The fraction of sp³-hybridized carbons (Fsp3) is 0. The summed E-state index contributed by atoms with van der Waals surface area (Å²) >= 11 is 0. The Kier molecular flexibility index (Phi) is 7.64. The number of pyridine rings is 2. The van der Waals surface area contributed by atoms with Gasteiger partial charge in [-0.05, 0) is 158 Å². The van der Waals surface area contributed by atoms with Gasteiger partial charge in [0.05, 0.1) is 11.0 Å². The topological polar surface area (TPSA) is 25.8 Å². The molecule has 2 heteroatoms. The lowest BCUT2D eigenvalue weighted by molar-refractivity contribution is 1.37. The maximum absolute atomic E-state index is 4.85. The number of fused-ring (bicyclic) bond motifs is 12. The number of aromatic nitrogens is 2. The highest BCUT2D eigenvalue weighted by molar-refractivity contribution is 6.26. The predicted octanol–water partition coefficient (Wildman–Crippen LogP) is 16.4. The molecule has 0 unspecified atom stereocenters. The van der Waals surface area contributed by atoms with Gasteiger partial charge in [-0.1, -0.05) is 152 Å². The highest BCUT2D eigenvalue weighted by Gasteiger charge is 2.13. The first-order chi connectivity index (χ1) is 30.7. The van der Waals surface area contributed by atoms with Crippen LogP contribution in [0.5, 0.6) is 0 Å². The van der Waals surface area contributed by atoms with Gasteiger partial charge in [-0.3, -0.25) is 9.97 Å². The van der Waals surface area contributed by atoms with E-state index in [2.05, 4.69) is 205 Å². The normalized spacial score (nSPS) is 11.9. The molecule has 62 heavy (non-hydrogen) atoms. The smallest absolute Gasteiger partial charge is 0.0964 e. The van der Waals surface area contributed by atoms with Crippen molar-refractivity contribution < 1.29 is 0 Å². The summed E-state index contributed by atoms with van der Waals surface area (Å²) in [6, 6.07) is 76.0. The second-order valence-electron chi connectivity index (χ2n) is 16.6. The van der Waals surface area contributed by atoms with E-state index in [1.54, 1.807) is 0 Å². The molecule has 0 aliphatic rings. The van der Waals surface area contributed by atoms with Crippen LogP contribution in [0.2, 0.25) is 0 Å². The maximum Gasteiger partial charge on any atom is 0.0964 e. The van der Waals surface area contributed by atoms with Crippen molar-refractivity contribution in [1.82, 2.24) is 9.97 Å². The SMILES string of the molecule is c1ccc2cc(-c3ccc4c5ccc(-c6ccc7cc(-c8ccc9cc(-c%10cnc%11c(ccc%12cccnc%12%11)c%10)ccc9c8)ccc7c6)cc5c5ccccc5c4c3)ccc2c1. The first-order valence-electron chi connectivity index (χ1n) is 21.3. The van der Waals surface area contributed by atoms with Crippen molar-refractivity contribution >= 4 is 86.4 Å². The molecule has 0 aliphatic heterocycles. The van der Waals surface area contributed by atoms with Gasteiger partial charge in [0.15, 0.2) is 0 Å². The molecule has 0 atom stereocenters. The molecule has 0 bridgehead atoms. The second-order valence-corrected chi connectivity index (χ2v) is 16.6. The molecule has 2 nitrogen and oxygen atoms in total. The van der Waals surface area contributed by atoms with Crippen molar-refractivity contribution in [1.29, 1.82) is 0 Å². The standard InChI is InChI=1S/C60H36N2/c1-2-7-39-28-46(13-11-37(39)6-1)49-23-25-55-56-26-24-50(35-58(56)54-10-4-3-9-53(54)57(55)34-49)47-19-18-42-29-40(14-15-43(42)31-47)41-16-17-45-32-48(21-20-44(45)30-41)52-33-51-22-12-38-8-5-27-61-59(38)60(51)62-36-52/h1-36H. The Morgan fingerprint density at radius 1 is 0.210 bits per heavy atom. The minimum atomic E-state index is 0.937.